The molecule has 2 rings (SSSR count). The summed E-state index contributed by atoms with van der Waals surface area (Å²) in [6.07, 6.45) is 0.681. The predicted molar refractivity (Wildman–Crippen MR) is 74.9 cm³/mol. The first-order valence-corrected chi connectivity index (χ1v) is 8.21. The van der Waals surface area contributed by atoms with E-state index >= 15 is 0 Å². The van der Waals surface area contributed by atoms with Crippen molar-refractivity contribution in [1.82, 2.24) is 4.90 Å². The molecule has 0 aliphatic carbocycles. The molecule has 1 aliphatic rings. The maximum absolute atomic E-state index is 12.2. The van der Waals surface area contributed by atoms with Gasteiger partial charge in [-0.15, -0.1) is 0 Å². The Labute approximate surface area is 119 Å². The van der Waals surface area contributed by atoms with Gasteiger partial charge in [-0.3, -0.25) is 4.90 Å². The molecule has 0 amide bonds. The fraction of sp³-hybridized carbons (Fsp3) is 0.500. The van der Waals surface area contributed by atoms with Gasteiger partial charge < -0.3 is 5.11 Å². The fourth-order valence-electron chi connectivity index (χ4n) is 2.29. The Bertz CT molecular complexity index is 628. The summed E-state index contributed by atoms with van der Waals surface area (Å²) < 4.78 is 24.4. The van der Waals surface area contributed by atoms with Crippen LogP contribution in [0, 0.1) is 11.3 Å². The smallest absolute Gasteiger partial charge is 0.179 e. The van der Waals surface area contributed by atoms with E-state index in [1.165, 1.54) is 12.1 Å². The summed E-state index contributed by atoms with van der Waals surface area (Å²) in [5.74, 6) is 0.00166. The van der Waals surface area contributed by atoms with Crippen LogP contribution in [0.4, 0.5) is 0 Å². The summed E-state index contributed by atoms with van der Waals surface area (Å²) in [4.78, 5) is 2.11. The van der Waals surface area contributed by atoms with Gasteiger partial charge in [0, 0.05) is 19.6 Å². The highest BCUT2D eigenvalue weighted by Crippen LogP contribution is 2.24. The van der Waals surface area contributed by atoms with Crippen molar-refractivity contribution in [2.24, 2.45) is 0 Å². The summed E-state index contributed by atoms with van der Waals surface area (Å²) in [5.41, 5.74) is -0.305. The first-order valence-electron chi connectivity index (χ1n) is 6.56. The van der Waals surface area contributed by atoms with Crippen molar-refractivity contribution in [2.75, 3.05) is 25.4 Å². The first-order chi connectivity index (χ1) is 9.38. The zero-order chi connectivity index (χ0) is 14.8. The summed E-state index contributed by atoms with van der Waals surface area (Å²) >= 11 is 0. The average molecular weight is 294 g/mol. The van der Waals surface area contributed by atoms with Gasteiger partial charge in [-0.1, -0.05) is 13.0 Å². The van der Waals surface area contributed by atoms with E-state index in [4.69, 9.17) is 5.26 Å². The van der Waals surface area contributed by atoms with Crippen LogP contribution in [0.1, 0.15) is 18.9 Å². The molecule has 0 radical (unpaired) electrons. The number of nitrogens with zero attached hydrogens (tertiary/aromatic N) is 2. The van der Waals surface area contributed by atoms with Crippen molar-refractivity contribution in [2.45, 2.75) is 23.8 Å². The Hall–Kier alpha value is -1.42. The third-order valence-electron chi connectivity index (χ3n) is 3.69. The molecule has 1 heterocycles. The Morgan fingerprint density at radius 3 is 2.75 bits per heavy atom. The highest BCUT2D eigenvalue weighted by Gasteiger charge is 2.39. The van der Waals surface area contributed by atoms with Gasteiger partial charge in [0.25, 0.3) is 0 Å². The summed E-state index contributed by atoms with van der Waals surface area (Å²) in [5, 5.41) is 18.7. The number of aliphatic hydroxyl groups is 1. The monoisotopic (exact) mass is 294 g/mol. The molecule has 0 bridgehead atoms. The first kappa shape index (κ1) is 15.0. The van der Waals surface area contributed by atoms with E-state index < -0.39 is 15.4 Å². The molecule has 5 nitrogen and oxygen atoms in total. The van der Waals surface area contributed by atoms with Crippen LogP contribution in [0.2, 0.25) is 0 Å². The lowest BCUT2D eigenvalue weighted by atomic mass is 9.92. The lowest BCUT2D eigenvalue weighted by Crippen LogP contribution is -2.61. The fourth-order valence-corrected chi connectivity index (χ4v) is 3.62. The SMILES string of the molecule is CCC1(O)CN(CCS(=O)(=O)c2cccc(C#N)c2)C1. The summed E-state index contributed by atoms with van der Waals surface area (Å²) in [6.45, 7) is 3.37. The van der Waals surface area contributed by atoms with E-state index in [1.54, 1.807) is 12.1 Å². The van der Waals surface area contributed by atoms with Crippen LogP contribution < -0.4 is 0 Å². The van der Waals surface area contributed by atoms with Crippen LogP contribution in [0.25, 0.3) is 0 Å². The van der Waals surface area contributed by atoms with E-state index in [0.717, 1.165) is 0 Å². The molecule has 108 valence electrons. The molecule has 1 aromatic rings. The largest absolute Gasteiger partial charge is 0.387 e. The zero-order valence-corrected chi connectivity index (χ0v) is 12.2. The molecule has 0 saturated carbocycles. The third kappa shape index (κ3) is 3.18. The Morgan fingerprint density at radius 2 is 2.15 bits per heavy atom. The topological polar surface area (TPSA) is 81.4 Å². The van der Waals surface area contributed by atoms with Crippen LogP contribution in [0.15, 0.2) is 29.2 Å². The molecule has 1 N–H and O–H groups in total. The number of β-amino-alcohol motifs (C(OH)–C–C–N with tert-alkyl or cyclic N) is 1. The summed E-state index contributed by atoms with van der Waals surface area (Å²) in [6, 6.07) is 8.00. The summed E-state index contributed by atoms with van der Waals surface area (Å²) in [7, 11) is -3.38. The maximum atomic E-state index is 12.2. The number of rotatable bonds is 5. The molecule has 0 aromatic heterocycles. The zero-order valence-electron chi connectivity index (χ0n) is 11.4. The molecule has 0 atom stereocenters. The standard InChI is InChI=1S/C14H18N2O3S/c1-2-14(17)10-16(11-14)6-7-20(18,19)13-5-3-4-12(8-13)9-15/h3-5,8,17H,2,6-7,10-11H2,1H3. The number of sulfone groups is 1. The van der Waals surface area contributed by atoms with Crippen LogP contribution >= 0.6 is 0 Å². The van der Waals surface area contributed by atoms with Crippen LogP contribution in [-0.4, -0.2) is 49.4 Å². The van der Waals surface area contributed by atoms with E-state index in [9.17, 15) is 13.5 Å². The van der Waals surface area contributed by atoms with E-state index in [1.807, 2.05) is 17.9 Å². The number of benzene rings is 1. The minimum Gasteiger partial charge on any atom is -0.387 e. The average Bonchev–Trinajstić information content (AvgIpc) is 2.42. The van der Waals surface area contributed by atoms with Gasteiger partial charge in [0.15, 0.2) is 9.84 Å². The normalized spacial score (nSPS) is 18.2. The van der Waals surface area contributed by atoms with Crippen LogP contribution in [-0.2, 0) is 9.84 Å². The number of hydrogen-bond acceptors (Lipinski definition) is 5. The second-order valence-corrected chi connectivity index (χ2v) is 7.36. The molecular weight excluding hydrogens is 276 g/mol. The molecule has 1 aliphatic heterocycles. The Morgan fingerprint density at radius 1 is 1.45 bits per heavy atom. The number of nitriles is 1. The molecule has 1 fully saturated rings. The second-order valence-electron chi connectivity index (χ2n) is 5.25. The molecule has 1 saturated heterocycles. The van der Waals surface area contributed by atoms with Crippen LogP contribution in [0.3, 0.4) is 0 Å². The van der Waals surface area contributed by atoms with E-state index in [2.05, 4.69) is 0 Å². The van der Waals surface area contributed by atoms with Crippen molar-refractivity contribution in [3.05, 3.63) is 29.8 Å². The molecule has 1 aromatic carbocycles. The van der Waals surface area contributed by atoms with Crippen molar-refractivity contribution >= 4 is 9.84 Å². The van der Waals surface area contributed by atoms with Gasteiger partial charge >= 0.3 is 0 Å². The second kappa shape index (κ2) is 5.52. The van der Waals surface area contributed by atoms with Gasteiger partial charge in [-0.2, -0.15) is 5.26 Å². The Balaban J connectivity index is 1.97. The molecular formula is C14H18N2O3S. The molecule has 0 unspecified atom stereocenters. The van der Waals surface area contributed by atoms with Gasteiger partial charge in [0.2, 0.25) is 0 Å². The van der Waals surface area contributed by atoms with E-state index in [0.29, 0.717) is 31.6 Å². The molecule has 6 heteroatoms. The Kier molecular flexibility index (Phi) is 4.14. The number of likely N-dealkylation sites (tertiary alicyclic amines) is 1. The quantitative estimate of drug-likeness (QED) is 0.868. The predicted octanol–water partition coefficient (Wildman–Crippen LogP) is 0.789. The maximum Gasteiger partial charge on any atom is 0.179 e. The van der Waals surface area contributed by atoms with Crippen LogP contribution in [0.5, 0.6) is 0 Å². The van der Waals surface area contributed by atoms with Crippen molar-refractivity contribution in [3.8, 4) is 6.07 Å². The van der Waals surface area contributed by atoms with Gasteiger partial charge in [0.05, 0.1) is 27.9 Å². The minimum atomic E-state index is -3.38. The van der Waals surface area contributed by atoms with Crippen molar-refractivity contribution in [3.63, 3.8) is 0 Å². The minimum absolute atomic E-state index is 0.00166. The van der Waals surface area contributed by atoms with Gasteiger partial charge in [0.1, 0.15) is 0 Å². The third-order valence-corrected chi connectivity index (χ3v) is 5.38. The lowest BCUT2D eigenvalue weighted by Gasteiger charge is -2.46. The van der Waals surface area contributed by atoms with Crippen molar-refractivity contribution in [1.29, 1.82) is 5.26 Å². The lowest BCUT2D eigenvalue weighted by molar-refractivity contribution is -0.0966. The number of hydrogen-bond donors (Lipinski definition) is 1. The highest BCUT2D eigenvalue weighted by atomic mass is 32.2. The highest BCUT2D eigenvalue weighted by molar-refractivity contribution is 7.91. The molecule has 20 heavy (non-hydrogen) atoms. The molecule has 0 spiro atoms. The van der Waals surface area contributed by atoms with Gasteiger partial charge in [-0.25, -0.2) is 8.42 Å². The van der Waals surface area contributed by atoms with Gasteiger partial charge in [-0.05, 0) is 24.6 Å². The van der Waals surface area contributed by atoms with E-state index in [-0.39, 0.29) is 10.6 Å². The van der Waals surface area contributed by atoms with Crippen molar-refractivity contribution < 1.29 is 13.5 Å².